The van der Waals surface area contributed by atoms with Gasteiger partial charge in [0.2, 0.25) is 0 Å². The highest BCUT2D eigenvalue weighted by Gasteiger charge is 2.40. The van der Waals surface area contributed by atoms with Crippen LogP contribution in [0.5, 0.6) is 5.75 Å². The second kappa shape index (κ2) is 11.5. The molecule has 2 aromatic carbocycles. The second-order valence-corrected chi connectivity index (χ2v) is 8.34. The maximum Gasteiger partial charge on any atom is 0.118 e. The summed E-state index contributed by atoms with van der Waals surface area (Å²) < 4.78 is 10.9. The largest absolute Gasteiger partial charge is 0.497 e. The first-order valence-corrected chi connectivity index (χ1v) is 11.4. The number of ether oxygens (including phenoxy) is 2. The van der Waals surface area contributed by atoms with Crippen LogP contribution in [0.2, 0.25) is 0 Å². The Morgan fingerprint density at radius 2 is 1.70 bits per heavy atom. The van der Waals surface area contributed by atoms with E-state index in [0.717, 1.165) is 63.4 Å². The maximum absolute atomic E-state index is 12.3. The topological polar surface area (TPSA) is 41.9 Å². The van der Waals surface area contributed by atoms with Gasteiger partial charge in [0.05, 0.1) is 25.9 Å². The number of aliphatic hydroxyl groups is 1. The molecule has 0 unspecified atom stereocenters. The number of methoxy groups -OCH3 is 1. The summed E-state index contributed by atoms with van der Waals surface area (Å²) in [5.74, 6) is 0.809. The minimum Gasteiger partial charge on any atom is -0.497 e. The Hall–Kier alpha value is -1.88. The van der Waals surface area contributed by atoms with E-state index in [1.54, 1.807) is 7.11 Å². The predicted molar refractivity (Wildman–Crippen MR) is 122 cm³/mol. The Balaban J connectivity index is 1.95. The van der Waals surface area contributed by atoms with Gasteiger partial charge in [-0.05, 0) is 29.7 Å². The Kier molecular flexibility index (Phi) is 8.74. The van der Waals surface area contributed by atoms with Crippen LogP contribution in [0.25, 0.3) is 0 Å². The van der Waals surface area contributed by atoms with Crippen molar-refractivity contribution < 1.29 is 14.6 Å². The molecule has 0 amide bonds. The molecule has 0 saturated carbocycles. The molecule has 1 saturated heterocycles. The minimum atomic E-state index is -0.931. The van der Waals surface area contributed by atoms with Gasteiger partial charge in [0.15, 0.2) is 0 Å². The standard InChI is InChI=1S/C26H37NO3/c1-3-4-5-9-16-26(28,23-12-14-24(29-2)15-13-23)25(22-10-7-6-8-11-22)21-27-17-19-30-20-18-27/h6-8,10-15,25,28H,3-5,9,16-21H2,1-2H3/t25-,26-/m1/s1. The van der Waals surface area contributed by atoms with Crippen LogP contribution in [0.3, 0.4) is 0 Å². The Morgan fingerprint density at radius 3 is 2.33 bits per heavy atom. The fraction of sp³-hybridized carbons (Fsp3) is 0.538. The van der Waals surface area contributed by atoms with E-state index in [-0.39, 0.29) is 5.92 Å². The van der Waals surface area contributed by atoms with Crippen molar-refractivity contribution in [2.75, 3.05) is 40.0 Å². The van der Waals surface area contributed by atoms with Crippen molar-refractivity contribution >= 4 is 0 Å². The van der Waals surface area contributed by atoms with Crippen LogP contribution in [-0.2, 0) is 10.3 Å². The highest BCUT2D eigenvalue weighted by molar-refractivity contribution is 5.35. The van der Waals surface area contributed by atoms with Crippen molar-refractivity contribution in [3.8, 4) is 5.75 Å². The lowest BCUT2D eigenvalue weighted by molar-refractivity contribution is -0.0296. The molecule has 3 rings (SSSR count). The summed E-state index contributed by atoms with van der Waals surface area (Å²) in [5.41, 5.74) is 1.24. The van der Waals surface area contributed by atoms with E-state index < -0.39 is 5.60 Å². The van der Waals surface area contributed by atoms with E-state index in [1.807, 2.05) is 30.3 Å². The van der Waals surface area contributed by atoms with Gasteiger partial charge in [0.1, 0.15) is 5.75 Å². The van der Waals surface area contributed by atoms with Crippen molar-refractivity contribution in [3.63, 3.8) is 0 Å². The van der Waals surface area contributed by atoms with Gasteiger partial charge >= 0.3 is 0 Å². The van der Waals surface area contributed by atoms with Gasteiger partial charge in [-0.2, -0.15) is 0 Å². The van der Waals surface area contributed by atoms with Crippen LogP contribution in [0.4, 0.5) is 0 Å². The minimum absolute atomic E-state index is 0.00757. The monoisotopic (exact) mass is 411 g/mol. The molecule has 1 heterocycles. The van der Waals surface area contributed by atoms with Gasteiger partial charge in [-0.3, -0.25) is 4.90 Å². The van der Waals surface area contributed by atoms with Crippen molar-refractivity contribution in [2.45, 2.75) is 50.5 Å². The van der Waals surface area contributed by atoms with E-state index in [9.17, 15) is 5.11 Å². The highest BCUT2D eigenvalue weighted by atomic mass is 16.5. The summed E-state index contributed by atoms with van der Waals surface area (Å²) in [7, 11) is 1.68. The first-order valence-electron chi connectivity index (χ1n) is 11.4. The quantitative estimate of drug-likeness (QED) is 0.530. The lowest BCUT2D eigenvalue weighted by Gasteiger charge is -2.41. The van der Waals surface area contributed by atoms with Crippen LogP contribution in [0, 0.1) is 0 Å². The van der Waals surface area contributed by atoms with E-state index in [2.05, 4.69) is 36.1 Å². The molecular weight excluding hydrogens is 374 g/mol. The fourth-order valence-electron chi connectivity index (χ4n) is 4.48. The molecule has 1 fully saturated rings. The number of nitrogens with zero attached hydrogens (tertiary/aromatic N) is 1. The zero-order chi connectivity index (χ0) is 21.2. The molecule has 1 N–H and O–H groups in total. The van der Waals surface area contributed by atoms with Crippen molar-refractivity contribution in [3.05, 3.63) is 65.7 Å². The Bertz CT molecular complexity index is 728. The van der Waals surface area contributed by atoms with Crippen LogP contribution in [-0.4, -0.2) is 50.0 Å². The summed E-state index contributed by atoms with van der Waals surface area (Å²) >= 11 is 0. The van der Waals surface area contributed by atoms with Crippen molar-refractivity contribution in [1.29, 1.82) is 0 Å². The molecule has 0 spiro atoms. The van der Waals surface area contributed by atoms with Gasteiger partial charge < -0.3 is 14.6 Å². The second-order valence-electron chi connectivity index (χ2n) is 8.34. The molecular formula is C26H37NO3. The van der Waals surface area contributed by atoms with Crippen LogP contribution in [0.1, 0.15) is 56.1 Å². The summed E-state index contributed by atoms with van der Waals surface area (Å²) in [6.45, 7) is 6.40. The van der Waals surface area contributed by atoms with Crippen molar-refractivity contribution in [1.82, 2.24) is 4.90 Å². The number of benzene rings is 2. The Morgan fingerprint density at radius 1 is 1.00 bits per heavy atom. The predicted octanol–water partition coefficient (Wildman–Crippen LogP) is 4.97. The third-order valence-corrected chi connectivity index (χ3v) is 6.32. The summed E-state index contributed by atoms with van der Waals surface area (Å²) in [6.07, 6.45) is 5.31. The van der Waals surface area contributed by atoms with Gasteiger partial charge in [-0.15, -0.1) is 0 Å². The normalized spacial score (nSPS) is 18.0. The number of hydrogen-bond donors (Lipinski definition) is 1. The van der Waals surface area contributed by atoms with Gasteiger partial charge in [0.25, 0.3) is 0 Å². The first kappa shape index (κ1) is 22.8. The van der Waals surface area contributed by atoms with Gasteiger partial charge in [-0.25, -0.2) is 0 Å². The molecule has 2 atom stereocenters. The lowest BCUT2D eigenvalue weighted by atomic mass is 9.74. The lowest BCUT2D eigenvalue weighted by Crippen LogP contribution is -2.45. The molecule has 4 nitrogen and oxygen atoms in total. The molecule has 0 aliphatic carbocycles. The third-order valence-electron chi connectivity index (χ3n) is 6.32. The van der Waals surface area contributed by atoms with Crippen molar-refractivity contribution in [2.24, 2.45) is 0 Å². The van der Waals surface area contributed by atoms with E-state index in [4.69, 9.17) is 9.47 Å². The molecule has 164 valence electrons. The highest BCUT2D eigenvalue weighted by Crippen LogP contribution is 2.42. The van der Waals surface area contributed by atoms with E-state index >= 15 is 0 Å². The van der Waals surface area contributed by atoms with Crippen LogP contribution >= 0.6 is 0 Å². The Labute approximate surface area is 181 Å². The molecule has 1 aliphatic rings. The molecule has 1 aliphatic heterocycles. The smallest absolute Gasteiger partial charge is 0.118 e. The number of unbranched alkanes of at least 4 members (excludes halogenated alkanes) is 3. The number of morpholine rings is 1. The third kappa shape index (κ3) is 5.84. The van der Waals surface area contributed by atoms with Crippen LogP contribution < -0.4 is 4.74 Å². The van der Waals surface area contributed by atoms with E-state index in [1.165, 1.54) is 18.4 Å². The molecule has 0 bridgehead atoms. The summed E-state index contributed by atoms with van der Waals surface area (Å²) in [4.78, 5) is 2.43. The molecule has 4 heteroatoms. The SMILES string of the molecule is CCCCCC[C@@](O)(c1ccc(OC)cc1)[C@H](CN1CCOCC1)c1ccccc1. The average Bonchev–Trinajstić information content (AvgIpc) is 2.81. The average molecular weight is 412 g/mol. The first-order chi connectivity index (χ1) is 14.7. The molecule has 0 aromatic heterocycles. The summed E-state index contributed by atoms with van der Waals surface area (Å²) in [6, 6.07) is 18.5. The van der Waals surface area contributed by atoms with Gasteiger partial charge in [0, 0.05) is 25.6 Å². The molecule has 0 radical (unpaired) electrons. The fourth-order valence-corrected chi connectivity index (χ4v) is 4.48. The maximum atomic E-state index is 12.3. The van der Waals surface area contributed by atoms with Crippen LogP contribution in [0.15, 0.2) is 54.6 Å². The molecule has 2 aromatic rings. The number of rotatable bonds is 11. The zero-order valence-electron chi connectivity index (χ0n) is 18.6. The number of hydrogen-bond acceptors (Lipinski definition) is 4. The molecule has 30 heavy (non-hydrogen) atoms. The van der Waals surface area contributed by atoms with E-state index in [0.29, 0.717) is 0 Å². The summed E-state index contributed by atoms with van der Waals surface area (Å²) in [5, 5.41) is 12.3. The van der Waals surface area contributed by atoms with Gasteiger partial charge in [-0.1, -0.05) is 75.1 Å². The zero-order valence-corrected chi connectivity index (χ0v) is 18.6.